The molecule has 0 aliphatic rings. The molecule has 0 radical (unpaired) electrons. The second-order valence-corrected chi connectivity index (χ2v) is 5.07. The minimum Gasteiger partial charge on any atom is -0.348 e. The van der Waals surface area contributed by atoms with Gasteiger partial charge in [0.05, 0.1) is 5.69 Å². The average molecular weight is 306 g/mol. The van der Waals surface area contributed by atoms with E-state index in [-0.39, 0.29) is 11.7 Å². The maximum atomic E-state index is 12.9. The zero-order valence-electron chi connectivity index (χ0n) is 12.4. The normalized spacial score (nSPS) is 10.3. The highest BCUT2D eigenvalue weighted by Crippen LogP contribution is 2.21. The van der Waals surface area contributed by atoms with Gasteiger partial charge in [-0.1, -0.05) is 36.4 Å². The van der Waals surface area contributed by atoms with E-state index in [1.54, 1.807) is 24.4 Å². The minimum absolute atomic E-state index is 0.185. The van der Waals surface area contributed by atoms with Gasteiger partial charge in [0.25, 0.3) is 5.91 Å². The molecule has 114 valence electrons. The summed E-state index contributed by atoms with van der Waals surface area (Å²) in [5, 5.41) is 2.86. The number of benzene rings is 2. The molecule has 0 spiro atoms. The van der Waals surface area contributed by atoms with E-state index in [1.165, 1.54) is 12.1 Å². The van der Waals surface area contributed by atoms with E-state index in [0.717, 1.165) is 16.8 Å². The number of nitrogens with zero attached hydrogens (tertiary/aromatic N) is 1. The smallest absolute Gasteiger partial charge is 0.252 e. The fourth-order valence-electron chi connectivity index (χ4n) is 2.31. The molecule has 0 saturated carbocycles. The first-order valence-electron chi connectivity index (χ1n) is 7.27. The molecule has 1 amide bonds. The van der Waals surface area contributed by atoms with Gasteiger partial charge in [-0.15, -0.1) is 0 Å². The number of amides is 1. The van der Waals surface area contributed by atoms with E-state index in [9.17, 15) is 9.18 Å². The maximum Gasteiger partial charge on any atom is 0.252 e. The molecule has 1 N–H and O–H groups in total. The summed E-state index contributed by atoms with van der Waals surface area (Å²) >= 11 is 0. The summed E-state index contributed by atoms with van der Waals surface area (Å²) in [6.07, 6.45) is 1.70. The highest BCUT2D eigenvalue weighted by Gasteiger charge is 2.12. The number of hydrogen-bond donors (Lipinski definition) is 1. The zero-order chi connectivity index (χ0) is 16.1. The molecule has 0 unspecified atom stereocenters. The number of nitrogens with one attached hydrogen (secondary N) is 1. The highest BCUT2D eigenvalue weighted by molar-refractivity contribution is 6.00. The van der Waals surface area contributed by atoms with Crippen molar-refractivity contribution in [3.8, 4) is 11.3 Å². The van der Waals surface area contributed by atoms with Gasteiger partial charge in [0.15, 0.2) is 0 Å². The monoisotopic (exact) mass is 306 g/mol. The van der Waals surface area contributed by atoms with Crippen LogP contribution in [0, 0.1) is 5.82 Å². The third kappa shape index (κ3) is 3.61. The van der Waals surface area contributed by atoms with Crippen LogP contribution in [0.5, 0.6) is 0 Å². The van der Waals surface area contributed by atoms with Crippen molar-refractivity contribution >= 4 is 5.91 Å². The van der Waals surface area contributed by atoms with Crippen LogP contribution in [0.4, 0.5) is 4.39 Å². The number of aromatic nitrogens is 1. The number of rotatable bonds is 4. The van der Waals surface area contributed by atoms with Gasteiger partial charge in [-0.05, 0) is 35.9 Å². The standard InChI is InChI=1S/C19H15FN2O/c20-15-10-8-14(9-11-15)13-22-19(23)17-6-2-1-5-16(17)18-7-3-4-12-21-18/h1-12H,13H2,(H,22,23). The van der Waals surface area contributed by atoms with E-state index in [1.807, 2.05) is 36.4 Å². The van der Waals surface area contributed by atoms with Crippen LogP contribution < -0.4 is 5.32 Å². The molecular formula is C19H15FN2O. The van der Waals surface area contributed by atoms with Crippen LogP contribution >= 0.6 is 0 Å². The summed E-state index contributed by atoms with van der Waals surface area (Å²) in [6, 6.07) is 19.0. The molecule has 0 bridgehead atoms. The van der Waals surface area contributed by atoms with Gasteiger partial charge >= 0.3 is 0 Å². The number of pyridine rings is 1. The zero-order valence-corrected chi connectivity index (χ0v) is 12.4. The van der Waals surface area contributed by atoms with Crippen molar-refractivity contribution in [2.45, 2.75) is 6.54 Å². The van der Waals surface area contributed by atoms with Crippen molar-refractivity contribution in [1.29, 1.82) is 0 Å². The van der Waals surface area contributed by atoms with Crippen LogP contribution in [0.3, 0.4) is 0 Å². The Morgan fingerprint density at radius 2 is 1.70 bits per heavy atom. The van der Waals surface area contributed by atoms with Gasteiger partial charge in [0.2, 0.25) is 0 Å². The summed E-state index contributed by atoms with van der Waals surface area (Å²) < 4.78 is 12.9. The SMILES string of the molecule is O=C(NCc1ccc(F)cc1)c1ccccc1-c1ccccn1. The molecule has 1 aromatic heterocycles. The van der Waals surface area contributed by atoms with Gasteiger partial charge in [-0.2, -0.15) is 0 Å². The lowest BCUT2D eigenvalue weighted by atomic mass is 10.0. The number of hydrogen-bond acceptors (Lipinski definition) is 2. The summed E-state index contributed by atoms with van der Waals surface area (Å²) in [7, 11) is 0. The molecule has 0 saturated heterocycles. The summed E-state index contributed by atoms with van der Waals surface area (Å²) in [6.45, 7) is 0.343. The van der Waals surface area contributed by atoms with Crippen molar-refractivity contribution < 1.29 is 9.18 Å². The van der Waals surface area contributed by atoms with Crippen LogP contribution in [0.15, 0.2) is 72.9 Å². The fraction of sp³-hybridized carbons (Fsp3) is 0.0526. The molecule has 0 atom stereocenters. The molecule has 4 heteroatoms. The Morgan fingerprint density at radius 1 is 0.957 bits per heavy atom. The summed E-state index contributed by atoms with van der Waals surface area (Å²) in [5.41, 5.74) is 2.94. The van der Waals surface area contributed by atoms with Crippen LogP contribution in [0.1, 0.15) is 15.9 Å². The lowest BCUT2D eigenvalue weighted by Gasteiger charge is -2.10. The van der Waals surface area contributed by atoms with Crippen molar-refractivity contribution in [3.63, 3.8) is 0 Å². The van der Waals surface area contributed by atoms with Crippen LogP contribution in [0.25, 0.3) is 11.3 Å². The van der Waals surface area contributed by atoms with E-state index < -0.39 is 0 Å². The summed E-state index contributed by atoms with van der Waals surface area (Å²) in [4.78, 5) is 16.8. The lowest BCUT2D eigenvalue weighted by Crippen LogP contribution is -2.23. The molecule has 3 aromatic rings. The molecular weight excluding hydrogens is 291 g/mol. The highest BCUT2D eigenvalue weighted by atomic mass is 19.1. The second kappa shape index (κ2) is 6.83. The van der Waals surface area contributed by atoms with E-state index in [0.29, 0.717) is 12.1 Å². The Bertz CT molecular complexity index is 801. The van der Waals surface area contributed by atoms with Gasteiger partial charge < -0.3 is 5.32 Å². The van der Waals surface area contributed by atoms with E-state index in [2.05, 4.69) is 10.3 Å². The summed E-state index contributed by atoms with van der Waals surface area (Å²) in [5.74, 6) is -0.476. The molecule has 0 fully saturated rings. The lowest BCUT2D eigenvalue weighted by molar-refractivity contribution is 0.0951. The Labute approximate surface area is 133 Å². The van der Waals surface area contributed by atoms with E-state index in [4.69, 9.17) is 0 Å². The molecule has 23 heavy (non-hydrogen) atoms. The Kier molecular flexibility index (Phi) is 4.43. The topological polar surface area (TPSA) is 42.0 Å². The van der Waals surface area contributed by atoms with Gasteiger partial charge in [0.1, 0.15) is 5.82 Å². The van der Waals surface area contributed by atoms with Crippen LogP contribution in [-0.4, -0.2) is 10.9 Å². The third-order valence-electron chi connectivity index (χ3n) is 3.48. The average Bonchev–Trinajstić information content (AvgIpc) is 2.62. The third-order valence-corrected chi connectivity index (χ3v) is 3.48. The second-order valence-electron chi connectivity index (χ2n) is 5.07. The van der Waals surface area contributed by atoms with Gasteiger partial charge in [0, 0.05) is 23.9 Å². The number of carbonyl (C=O) groups excluding carboxylic acids is 1. The first-order valence-corrected chi connectivity index (χ1v) is 7.27. The van der Waals surface area contributed by atoms with Crippen LogP contribution in [0.2, 0.25) is 0 Å². The van der Waals surface area contributed by atoms with Crippen molar-refractivity contribution in [2.24, 2.45) is 0 Å². The Balaban J connectivity index is 1.79. The minimum atomic E-state index is -0.291. The quantitative estimate of drug-likeness (QED) is 0.796. The van der Waals surface area contributed by atoms with Gasteiger partial charge in [-0.3, -0.25) is 9.78 Å². The molecule has 0 aliphatic heterocycles. The molecule has 0 aliphatic carbocycles. The van der Waals surface area contributed by atoms with Crippen LogP contribution in [-0.2, 0) is 6.54 Å². The van der Waals surface area contributed by atoms with Gasteiger partial charge in [-0.25, -0.2) is 4.39 Å². The maximum absolute atomic E-state index is 12.9. The number of halogens is 1. The first kappa shape index (κ1) is 14.9. The van der Waals surface area contributed by atoms with Crippen molar-refractivity contribution in [3.05, 3.63) is 89.9 Å². The largest absolute Gasteiger partial charge is 0.348 e. The molecule has 3 rings (SSSR count). The molecule has 2 aromatic carbocycles. The predicted molar refractivity (Wildman–Crippen MR) is 87.2 cm³/mol. The number of carbonyl (C=O) groups is 1. The molecule has 1 heterocycles. The van der Waals surface area contributed by atoms with Crippen molar-refractivity contribution in [2.75, 3.05) is 0 Å². The molecule has 3 nitrogen and oxygen atoms in total. The Hall–Kier alpha value is -3.01. The fourth-order valence-corrected chi connectivity index (χ4v) is 2.31. The Morgan fingerprint density at radius 3 is 2.43 bits per heavy atom. The first-order chi connectivity index (χ1) is 11.2. The predicted octanol–water partition coefficient (Wildman–Crippen LogP) is 3.82. The van der Waals surface area contributed by atoms with Crippen molar-refractivity contribution in [1.82, 2.24) is 10.3 Å². The van der Waals surface area contributed by atoms with E-state index >= 15 is 0 Å².